The molecule has 2 atom stereocenters. The summed E-state index contributed by atoms with van der Waals surface area (Å²) < 4.78 is 13.7. The first-order chi connectivity index (χ1) is 13.4. The van der Waals surface area contributed by atoms with E-state index in [0.717, 1.165) is 5.56 Å². The van der Waals surface area contributed by atoms with Gasteiger partial charge >= 0.3 is 0 Å². The third kappa shape index (κ3) is 4.76. The lowest BCUT2D eigenvalue weighted by atomic mass is 9.73. The van der Waals surface area contributed by atoms with E-state index in [-0.39, 0.29) is 24.9 Å². The summed E-state index contributed by atoms with van der Waals surface area (Å²) in [5, 5.41) is 23.4. The van der Waals surface area contributed by atoms with Gasteiger partial charge in [-0.15, -0.1) is 0 Å². The minimum Gasteiger partial charge on any atom is -0.396 e. The molecular weight excluding hydrogens is 359 g/mol. The Labute approximate surface area is 164 Å². The van der Waals surface area contributed by atoms with Crippen LogP contribution in [0.1, 0.15) is 17.5 Å². The number of aliphatic hydroxyl groups is 2. The highest BCUT2D eigenvalue weighted by molar-refractivity contribution is 5.92. The number of carbonyl (C=O) groups is 1. The van der Waals surface area contributed by atoms with Crippen molar-refractivity contribution in [2.24, 2.45) is 5.41 Å². The summed E-state index contributed by atoms with van der Waals surface area (Å²) in [4.78, 5) is 14.4. The van der Waals surface area contributed by atoms with Gasteiger partial charge in [0.2, 0.25) is 5.91 Å². The van der Waals surface area contributed by atoms with Crippen LogP contribution in [0.5, 0.6) is 0 Å². The molecule has 3 rings (SSSR count). The van der Waals surface area contributed by atoms with Gasteiger partial charge < -0.3 is 15.5 Å². The molecular formula is C22H27FN2O3. The number of anilines is 1. The molecule has 0 spiro atoms. The van der Waals surface area contributed by atoms with Crippen LogP contribution < -0.4 is 5.32 Å². The molecule has 0 aromatic heterocycles. The number of benzene rings is 2. The van der Waals surface area contributed by atoms with Crippen LogP contribution >= 0.6 is 0 Å². The largest absolute Gasteiger partial charge is 0.396 e. The van der Waals surface area contributed by atoms with E-state index in [1.165, 1.54) is 6.07 Å². The molecule has 1 aliphatic heterocycles. The maximum atomic E-state index is 13.7. The molecule has 1 aliphatic rings. The molecule has 0 radical (unpaired) electrons. The number of hydrogen-bond donors (Lipinski definition) is 3. The van der Waals surface area contributed by atoms with E-state index in [0.29, 0.717) is 37.2 Å². The van der Waals surface area contributed by atoms with Gasteiger partial charge in [-0.05, 0) is 43.0 Å². The second kappa shape index (κ2) is 8.82. The van der Waals surface area contributed by atoms with Gasteiger partial charge in [0.05, 0.1) is 19.3 Å². The van der Waals surface area contributed by atoms with Crippen LogP contribution in [0.2, 0.25) is 0 Å². The maximum Gasteiger partial charge on any atom is 0.238 e. The predicted octanol–water partition coefficient (Wildman–Crippen LogP) is 2.36. The smallest absolute Gasteiger partial charge is 0.238 e. The molecule has 0 aliphatic carbocycles. The lowest BCUT2D eigenvalue weighted by Gasteiger charge is -2.45. The molecule has 0 saturated carbocycles. The summed E-state index contributed by atoms with van der Waals surface area (Å²) in [6.45, 7) is 2.60. The van der Waals surface area contributed by atoms with E-state index in [1.54, 1.807) is 19.1 Å². The number of rotatable bonds is 6. The second-order valence-corrected chi connectivity index (χ2v) is 7.71. The maximum absolute atomic E-state index is 13.7. The summed E-state index contributed by atoms with van der Waals surface area (Å²) >= 11 is 0. The number of hydrogen-bond acceptors (Lipinski definition) is 4. The Balaban J connectivity index is 1.65. The topological polar surface area (TPSA) is 72.8 Å². The number of amides is 1. The summed E-state index contributed by atoms with van der Waals surface area (Å²) in [5.41, 5.74) is 1.27. The van der Waals surface area contributed by atoms with Crippen LogP contribution in [0, 0.1) is 18.2 Å². The molecule has 2 aromatic rings. The summed E-state index contributed by atoms with van der Waals surface area (Å²) in [6.07, 6.45) is 0.385. The van der Waals surface area contributed by atoms with Gasteiger partial charge in [-0.1, -0.05) is 36.4 Å². The zero-order valence-electron chi connectivity index (χ0n) is 16.1. The fraction of sp³-hybridized carbons (Fsp3) is 0.409. The van der Waals surface area contributed by atoms with Gasteiger partial charge in [-0.3, -0.25) is 9.69 Å². The van der Waals surface area contributed by atoms with Crippen LogP contribution in [-0.2, 0) is 11.2 Å². The molecule has 28 heavy (non-hydrogen) atoms. The van der Waals surface area contributed by atoms with Crippen LogP contribution in [0.4, 0.5) is 10.1 Å². The Bertz CT molecular complexity index is 815. The minimum atomic E-state index is -0.712. The van der Waals surface area contributed by atoms with Crippen LogP contribution in [0.15, 0.2) is 48.5 Å². The fourth-order valence-corrected chi connectivity index (χ4v) is 3.84. The van der Waals surface area contributed by atoms with E-state index in [1.807, 2.05) is 35.2 Å². The van der Waals surface area contributed by atoms with Gasteiger partial charge in [-0.25, -0.2) is 4.39 Å². The molecule has 0 bridgehead atoms. The Morgan fingerprint density at radius 2 is 2.04 bits per heavy atom. The summed E-state index contributed by atoms with van der Waals surface area (Å²) in [6, 6.07) is 14.3. The number of aryl methyl sites for hydroxylation is 1. The van der Waals surface area contributed by atoms with Crippen LogP contribution in [0.25, 0.3) is 0 Å². The molecule has 150 valence electrons. The Hall–Kier alpha value is -2.28. The first-order valence-corrected chi connectivity index (χ1v) is 9.53. The average molecular weight is 386 g/mol. The number of nitrogens with zero attached hydrogens (tertiary/aromatic N) is 1. The molecule has 2 aromatic carbocycles. The third-order valence-electron chi connectivity index (χ3n) is 5.50. The van der Waals surface area contributed by atoms with Crippen molar-refractivity contribution in [3.8, 4) is 0 Å². The molecule has 1 heterocycles. The summed E-state index contributed by atoms with van der Waals surface area (Å²) in [7, 11) is 0. The first-order valence-electron chi connectivity index (χ1n) is 9.53. The van der Waals surface area contributed by atoms with Crippen molar-refractivity contribution in [1.82, 2.24) is 4.90 Å². The molecule has 6 heteroatoms. The highest BCUT2D eigenvalue weighted by atomic mass is 19.1. The Morgan fingerprint density at radius 1 is 1.29 bits per heavy atom. The number of likely N-dealkylation sites (tertiary alicyclic amines) is 1. The molecule has 5 nitrogen and oxygen atoms in total. The zero-order chi connectivity index (χ0) is 20.1. The quantitative estimate of drug-likeness (QED) is 0.713. The molecule has 0 unspecified atom stereocenters. The number of carbonyl (C=O) groups excluding carboxylic acids is 1. The predicted molar refractivity (Wildman–Crippen MR) is 106 cm³/mol. The number of piperidine rings is 1. The van der Waals surface area contributed by atoms with E-state index in [2.05, 4.69) is 5.32 Å². The van der Waals surface area contributed by atoms with Gasteiger partial charge in [0.25, 0.3) is 0 Å². The van der Waals surface area contributed by atoms with Crippen molar-refractivity contribution in [3.05, 3.63) is 65.5 Å². The van der Waals surface area contributed by atoms with E-state index >= 15 is 0 Å². The van der Waals surface area contributed by atoms with Crippen molar-refractivity contribution in [3.63, 3.8) is 0 Å². The summed E-state index contributed by atoms with van der Waals surface area (Å²) in [5.74, 6) is -0.604. The normalized spacial score (nSPS) is 22.8. The van der Waals surface area contributed by atoms with E-state index in [9.17, 15) is 19.4 Å². The van der Waals surface area contributed by atoms with Gasteiger partial charge in [0, 0.05) is 24.2 Å². The molecule has 1 fully saturated rings. The molecule has 1 amide bonds. The Kier molecular flexibility index (Phi) is 6.44. The lowest BCUT2D eigenvalue weighted by molar-refractivity contribution is -0.121. The van der Waals surface area contributed by atoms with Gasteiger partial charge in [0.1, 0.15) is 5.82 Å². The SMILES string of the molecule is Cc1ccc(NC(=O)CN2CC[C@H](O)[C@](CO)(Cc3ccccc3)C2)cc1F. The minimum absolute atomic E-state index is 0.124. The second-order valence-electron chi connectivity index (χ2n) is 7.71. The van der Waals surface area contributed by atoms with Crippen LogP contribution in [-0.4, -0.2) is 53.4 Å². The molecule has 3 N–H and O–H groups in total. The lowest BCUT2D eigenvalue weighted by Crippen LogP contribution is -2.56. The van der Waals surface area contributed by atoms with Crippen molar-refractivity contribution in [2.75, 3.05) is 31.6 Å². The molecule has 1 saturated heterocycles. The number of halogens is 1. The van der Waals surface area contributed by atoms with Crippen molar-refractivity contribution < 1.29 is 19.4 Å². The van der Waals surface area contributed by atoms with E-state index < -0.39 is 11.5 Å². The average Bonchev–Trinajstić information content (AvgIpc) is 2.68. The standard InChI is InChI=1S/C22H27FN2O3/c1-16-7-8-18(11-19(16)23)24-21(28)13-25-10-9-20(27)22(14-25,15-26)12-17-5-3-2-4-6-17/h2-8,11,20,26-27H,9-10,12-15H2,1H3,(H,24,28)/t20-,22+/m0/s1. The monoisotopic (exact) mass is 386 g/mol. The zero-order valence-corrected chi connectivity index (χ0v) is 16.1. The number of aliphatic hydroxyl groups excluding tert-OH is 2. The van der Waals surface area contributed by atoms with Crippen molar-refractivity contribution in [2.45, 2.75) is 25.9 Å². The van der Waals surface area contributed by atoms with E-state index in [4.69, 9.17) is 0 Å². The highest BCUT2D eigenvalue weighted by Crippen LogP contribution is 2.33. The van der Waals surface area contributed by atoms with Gasteiger partial charge in [-0.2, -0.15) is 0 Å². The van der Waals surface area contributed by atoms with Gasteiger partial charge in [0.15, 0.2) is 0 Å². The highest BCUT2D eigenvalue weighted by Gasteiger charge is 2.42. The Morgan fingerprint density at radius 3 is 2.71 bits per heavy atom. The fourth-order valence-electron chi connectivity index (χ4n) is 3.84. The van der Waals surface area contributed by atoms with Crippen LogP contribution in [0.3, 0.4) is 0 Å². The van der Waals surface area contributed by atoms with Crippen molar-refractivity contribution in [1.29, 1.82) is 0 Å². The first kappa shape index (κ1) is 20.5. The third-order valence-corrected chi connectivity index (χ3v) is 5.50. The van der Waals surface area contributed by atoms with Crippen molar-refractivity contribution >= 4 is 11.6 Å². The number of nitrogens with one attached hydrogen (secondary N) is 1.